The molecule has 0 saturated carbocycles. The second-order valence-electron chi connectivity index (χ2n) is 4.09. The molecule has 1 aliphatic heterocycles. The van der Waals surface area contributed by atoms with Gasteiger partial charge in [0.1, 0.15) is 0 Å². The first-order valence-corrected chi connectivity index (χ1v) is 6.51. The minimum absolute atomic E-state index is 0.894. The number of allylic oxidation sites excluding steroid dienone is 4. The first-order chi connectivity index (χ1) is 7.77. The summed E-state index contributed by atoms with van der Waals surface area (Å²) < 4.78 is 12.4. The van der Waals surface area contributed by atoms with Gasteiger partial charge in [-0.15, -0.1) is 0 Å². The van der Waals surface area contributed by atoms with Crippen LogP contribution in [0.4, 0.5) is 0 Å². The molecule has 0 amide bonds. The van der Waals surface area contributed by atoms with Gasteiger partial charge in [-0.3, -0.25) is 0 Å². The van der Waals surface area contributed by atoms with E-state index in [9.17, 15) is 4.21 Å². The zero-order valence-electron chi connectivity index (χ0n) is 9.07. The average Bonchev–Trinajstić information content (AvgIpc) is 2.29. The molecule has 0 saturated heterocycles. The predicted molar refractivity (Wildman–Crippen MR) is 67.4 cm³/mol. The molecule has 1 atom stereocenters. The summed E-state index contributed by atoms with van der Waals surface area (Å²) in [6.45, 7) is 2.02. The maximum atomic E-state index is 12.4. The summed E-state index contributed by atoms with van der Waals surface area (Å²) >= 11 is 0. The van der Waals surface area contributed by atoms with E-state index in [4.69, 9.17) is 0 Å². The van der Waals surface area contributed by atoms with Crippen molar-refractivity contribution in [1.29, 1.82) is 0 Å². The number of fused-ring (bicyclic) bond motifs is 2. The van der Waals surface area contributed by atoms with Crippen LogP contribution in [0.2, 0.25) is 0 Å². The van der Waals surface area contributed by atoms with Gasteiger partial charge in [0.15, 0.2) is 0 Å². The van der Waals surface area contributed by atoms with Crippen LogP contribution >= 0.6 is 0 Å². The third-order valence-electron chi connectivity index (χ3n) is 3.00. The lowest BCUT2D eigenvalue weighted by Gasteiger charge is -2.21. The molecule has 1 nitrogen and oxygen atoms in total. The molecule has 1 unspecified atom stereocenters. The Morgan fingerprint density at radius 1 is 1.31 bits per heavy atom. The van der Waals surface area contributed by atoms with E-state index >= 15 is 0 Å². The van der Waals surface area contributed by atoms with E-state index in [1.807, 2.05) is 37.3 Å². The van der Waals surface area contributed by atoms with E-state index < -0.39 is 10.8 Å². The fourth-order valence-corrected chi connectivity index (χ4v) is 3.71. The Labute approximate surface area is 97.6 Å². The van der Waals surface area contributed by atoms with Crippen molar-refractivity contribution in [2.75, 3.05) is 0 Å². The van der Waals surface area contributed by atoms with Gasteiger partial charge in [-0.2, -0.15) is 0 Å². The number of benzene rings is 1. The second kappa shape index (κ2) is 3.56. The normalized spacial score (nSPS) is 21.9. The van der Waals surface area contributed by atoms with Crippen molar-refractivity contribution in [2.24, 2.45) is 0 Å². The van der Waals surface area contributed by atoms with Crippen LogP contribution < -0.4 is 0 Å². The molecule has 1 aromatic carbocycles. The molecule has 0 N–H and O–H groups in total. The summed E-state index contributed by atoms with van der Waals surface area (Å²) in [5, 5.41) is 0. The van der Waals surface area contributed by atoms with E-state index in [1.165, 1.54) is 5.57 Å². The lowest BCUT2D eigenvalue weighted by atomic mass is 10.0. The number of aryl methyl sites for hydroxylation is 1. The molecule has 0 aromatic heterocycles. The third kappa shape index (κ3) is 1.34. The van der Waals surface area contributed by atoms with Crippen molar-refractivity contribution in [3.05, 3.63) is 58.0 Å². The van der Waals surface area contributed by atoms with E-state index in [2.05, 4.69) is 12.2 Å². The highest BCUT2D eigenvalue weighted by Crippen LogP contribution is 2.36. The van der Waals surface area contributed by atoms with Gasteiger partial charge in [0, 0.05) is 4.91 Å². The monoisotopic (exact) mass is 228 g/mol. The molecular formula is C14H12OS. The number of hydrogen-bond donors (Lipinski definition) is 0. The third-order valence-corrected chi connectivity index (χ3v) is 4.72. The lowest BCUT2D eigenvalue weighted by molar-refractivity contribution is 0.686. The Kier molecular flexibility index (Phi) is 2.18. The molecule has 3 rings (SSSR count). The minimum Gasteiger partial charge on any atom is -0.249 e. The molecule has 0 radical (unpaired) electrons. The van der Waals surface area contributed by atoms with Crippen molar-refractivity contribution < 1.29 is 4.21 Å². The molecule has 0 bridgehead atoms. The van der Waals surface area contributed by atoms with Crippen molar-refractivity contribution >= 4 is 16.9 Å². The molecule has 2 aliphatic rings. The van der Waals surface area contributed by atoms with Crippen LogP contribution in [0.15, 0.2) is 51.8 Å². The highest BCUT2D eigenvalue weighted by molar-refractivity contribution is 7.89. The summed E-state index contributed by atoms with van der Waals surface area (Å²) in [5.41, 5.74) is 3.42. The van der Waals surface area contributed by atoms with Crippen molar-refractivity contribution in [3.8, 4) is 0 Å². The van der Waals surface area contributed by atoms with Crippen molar-refractivity contribution in [1.82, 2.24) is 0 Å². The van der Waals surface area contributed by atoms with Gasteiger partial charge >= 0.3 is 0 Å². The predicted octanol–water partition coefficient (Wildman–Crippen LogP) is 3.34. The van der Waals surface area contributed by atoms with Gasteiger partial charge < -0.3 is 0 Å². The second-order valence-corrected chi connectivity index (χ2v) is 5.48. The van der Waals surface area contributed by atoms with Gasteiger partial charge in [-0.1, -0.05) is 30.4 Å². The van der Waals surface area contributed by atoms with Crippen LogP contribution in [-0.2, 0) is 10.8 Å². The van der Waals surface area contributed by atoms with Crippen LogP contribution in [0.3, 0.4) is 0 Å². The molecular weight excluding hydrogens is 216 g/mol. The smallest absolute Gasteiger partial charge is 0.0861 e. The molecule has 1 heterocycles. The van der Waals surface area contributed by atoms with Crippen LogP contribution in [0.25, 0.3) is 6.08 Å². The maximum absolute atomic E-state index is 12.4. The Morgan fingerprint density at radius 2 is 2.19 bits per heavy atom. The first kappa shape index (κ1) is 9.79. The first-order valence-electron chi connectivity index (χ1n) is 5.36. The van der Waals surface area contributed by atoms with Crippen LogP contribution in [-0.4, -0.2) is 4.21 Å². The van der Waals surface area contributed by atoms with E-state index in [1.54, 1.807) is 0 Å². The van der Waals surface area contributed by atoms with Crippen LogP contribution in [0.5, 0.6) is 0 Å². The highest BCUT2D eigenvalue weighted by Gasteiger charge is 2.23. The molecule has 16 heavy (non-hydrogen) atoms. The summed E-state index contributed by atoms with van der Waals surface area (Å²) in [6, 6.07) is 6.09. The Bertz CT molecular complexity index is 576. The Hall–Kier alpha value is -1.41. The van der Waals surface area contributed by atoms with Gasteiger partial charge in [-0.05, 0) is 42.2 Å². The largest absolute Gasteiger partial charge is 0.249 e. The zero-order chi connectivity index (χ0) is 11.1. The topological polar surface area (TPSA) is 17.1 Å². The minimum atomic E-state index is -1.00. The summed E-state index contributed by atoms with van der Waals surface area (Å²) in [5.74, 6) is 0. The fraction of sp³-hybridized carbons (Fsp3) is 0.143. The van der Waals surface area contributed by atoms with Crippen LogP contribution in [0, 0.1) is 6.92 Å². The summed E-state index contributed by atoms with van der Waals surface area (Å²) in [4.78, 5) is 1.96. The molecule has 1 aromatic rings. The zero-order valence-corrected chi connectivity index (χ0v) is 9.88. The highest BCUT2D eigenvalue weighted by atomic mass is 32.2. The van der Waals surface area contributed by atoms with Gasteiger partial charge in [0.25, 0.3) is 0 Å². The quantitative estimate of drug-likeness (QED) is 0.665. The summed E-state index contributed by atoms with van der Waals surface area (Å²) in [7, 11) is -1.00. The number of rotatable bonds is 0. The van der Waals surface area contributed by atoms with Gasteiger partial charge in [0.05, 0.1) is 15.7 Å². The van der Waals surface area contributed by atoms with E-state index in [0.717, 1.165) is 27.3 Å². The van der Waals surface area contributed by atoms with Gasteiger partial charge in [0.2, 0.25) is 0 Å². The standard InChI is InChI=1S/C14H12OS/c1-10-5-4-7-12-9-11-6-2-3-8-13(11)16(15)14(10)12/h2-5,7-9H,6H2,1H3. The molecule has 2 heteroatoms. The van der Waals surface area contributed by atoms with Crippen molar-refractivity contribution in [3.63, 3.8) is 0 Å². The number of hydrogen-bond acceptors (Lipinski definition) is 1. The fourth-order valence-electron chi connectivity index (χ4n) is 2.21. The average molecular weight is 228 g/mol. The Morgan fingerprint density at radius 3 is 3.06 bits per heavy atom. The molecule has 0 spiro atoms. The Balaban J connectivity index is 2.29. The van der Waals surface area contributed by atoms with Crippen LogP contribution in [0.1, 0.15) is 17.5 Å². The van der Waals surface area contributed by atoms with Crippen molar-refractivity contribution in [2.45, 2.75) is 18.2 Å². The summed E-state index contributed by atoms with van der Waals surface area (Å²) in [6.07, 6.45) is 9.13. The lowest BCUT2D eigenvalue weighted by Crippen LogP contribution is -2.09. The maximum Gasteiger partial charge on any atom is 0.0861 e. The van der Waals surface area contributed by atoms with E-state index in [-0.39, 0.29) is 0 Å². The molecule has 80 valence electrons. The van der Waals surface area contributed by atoms with Gasteiger partial charge in [-0.25, -0.2) is 4.21 Å². The van der Waals surface area contributed by atoms with E-state index in [0.29, 0.717) is 0 Å². The SMILES string of the molecule is Cc1cccc2c1S(=O)C1=CC=CCC1=C2. The molecule has 1 aliphatic carbocycles. The molecule has 0 fully saturated rings.